The van der Waals surface area contributed by atoms with Crippen molar-refractivity contribution in [2.24, 2.45) is 5.41 Å². The molecule has 2 aromatic rings. The van der Waals surface area contributed by atoms with Gasteiger partial charge in [0.25, 0.3) is 0 Å². The van der Waals surface area contributed by atoms with Crippen molar-refractivity contribution in [1.82, 2.24) is 9.97 Å². The second-order valence-corrected chi connectivity index (χ2v) is 7.07. The van der Waals surface area contributed by atoms with Gasteiger partial charge in [-0.3, -0.25) is 0 Å². The number of aliphatic hydroxyl groups excluding tert-OH is 1. The van der Waals surface area contributed by atoms with Gasteiger partial charge < -0.3 is 10.0 Å². The van der Waals surface area contributed by atoms with E-state index in [9.17, 15) is 9.50 Å². The van der Waals surface area contributed by atoms with Crippen molar-refractivity contribution in [2.45, 2.75) is 39.5 Å². The number of piperidine rings is 1. The SMILES string of the molecule is CCc1cnc(C)nc1N1CCC[C@](CO)(Cc2ccccc2F)C1. The van der Waals surface area contributed by atoms with Gasteiger partial charge in [0.05, 0.1) is 6.61 Å². The van der Waals surface area contributed by atoms with Crippen molar-refractivity contribution in [3.8, 4) is 0 Å². The molecule has 1 saturated heterocycles. The lowest BCUT2D eigenvalue weighted by Gasteiger charge is -2.43. The number of halogens is 1. The third-order valence-corrected chi connectivity index (χ3v) is 5.16. The predicted molar refractivity (Wildman–Crippen MR) is 97.2 cm³/mol. The van der Waals surface area contributed by atoms with Crippen LogP contribution < -0.4 is 4.90 Å². The second-order valence-electron chi connectivity index (χ2n) is 7.07. The summed E-state index contributed by atoms with van der Waals surface area (Å²) in [5, 5.41) is 10.2. The normalized spacial score (nSPS) is 20.7. The van der Waals surface area contributed by atoms with Gasteiger partial charge >= 0.3 is 0 Å². The van der Waals surface area contributed by atoms with Gasteiger partial charge in [0, 0.05) is 30.3 Å². The number of benzene rings is 1. The molecule has 0 unspecified atom stereocenters. The van der Waals surface area contributed by atoms with Crippen LogP contribution in [0.3, 0.4) is 0 Å². The zero-order valence-corrected chi connectivity index (χ0v) is 15.0. The Balaban J connectivity index is 1.88. The summed E-state index contributed by atoms with van der Waals surface area (Å²) >= 11 is 0. The molecule has 5 heteroatoms. The van der Waals surface area contributed by atoms with Crippen molar-refractivity contribution in [2.75, 3.05) is 24.6 Å². The van der Waals surface area contributed by atoms with Gasteiger partial charge in [-0.1, -0.05) is 25.1 Å². The summed E-state index contributed by atoms with van der Waals surface area (Å²) in [5.41, 5.74) is 1.45. The van der Waals surface area contributed by atoms with Crippen LogP contribution in [-0.4, -0.2) is 34.8 Å². The van der Waals surface area contributed by atoms with Crippen molar-refractivity contribution >= 4 is 5.82 Å². The summed E-state index contributed by atoms with van der Waals surface area (Å²) in [4.78, 5) is 11.2. The van der Waals surface area contributed by atoms with Crippen LogP contribution in [-0.2, 0) is 12.8 Å². The molecule has 0 bridgehead atoms. The fourth-order valence-electron chi connectivity index (χ4n) is 3.77. The van der Waals surface area contributed by atoms with Crippen molar-refractivity contribution in [3.63, 3.8) is 0 Å². The largest absolute Gasteiger partial charge is 0.396 e. The third kappa shape index (κ3) is 3.82. The zero-order chi connectivity index (χ0) is 17.9. The Hall–Kier alpha value is -2.01. The van der Waals surface area contributed by atoms with E-state index in [1.165, 1.54) is 6.07 Å². The summed E-state index contributed by atoms with van der Waals surface area (Å²) in [7, 11) is 0. The standard InChI is InChI=1S/C20H26FN3O/c1-3-16-12-22-15(2)23-19(16)24-10-6-9-20(13-24,14-25)11-17-7-4-5-8-18(17)21/h4-5,7-8,12,25H,3,6,9-11,13-14H2,1-2H3/t20-/m0/s1. The molecule has 1 N–H and O–H groups in total. The number of hydrogen-bond acceptors (Lipinski definition) is 4. The number of nitrogens with zero attached hydrogens (tertiary/aromatic N) is 3. The van der Waals surface area contributed by atoms with Gasteiger partial charge in [-0.05, 0) is 44.2 Å². The molecular formula is C20H26FN3O. The molecule has 0 spiro atoms. The lowest BCUT2D eigenvalue weighted by Crippen LogP contribution is -2.47. The maximum absolute atomic E-state index is 14.1. The number of hydrogen-bond donors (Lipinski definition) is 1. The van der Waals surface area contributed by atoms with Crippen LogP contribution in [0.5, 0.6) is 0 Å². The lowest BCUT2D eigenvalue weighted by molar-refractivity contribution is 0.104. The van der Waals surface area contributed by atoms with Gasteiger partial charge in [-0.25, -0.2) is 14.4 Å². The van der Waals surface area contributed by atoms with E-state index in [1.807, 2.05) is 25.3 Å². The molecule has 1 aromatic carbocycles. The molecule has 1 aromatic heterocycles. The fraction of sp³-hybridized carbons (Fsp3) is 0.500. The molecule has 4 nitrogen and oxygen atoms in total. The van der Waals surface area contributed by atoms with E-state index in [0.717, 1.165) is 43.0 Å². The molecule has 0 amide bonds. The summed E-state index contributed by atoms with van der Waals surface area (Å²) < 4.78 is 14.1. The van der Waals surface area contributed by atoms with Crippen LogP contribution in [0.2, 0.25) is 0 Å². The summed E-state index contributed by atoms with van der Waals surface area (Å²) in [5.74, 6) is 1.52. The van der Waals surface area contributed by atoms with Gasteiger partial charge in [-0.15, -0.1) is 0 Å². The topological polar surface area (TPSA) is 49.2 Å². The molecule has 1 atom stereocenters. The minimum absolute atomic E-state index is 0.0450. The predicted octanol–water partition coefficient (Wildman–Crippen LogP) is 3.31. The highest BCUT2D eigenvalue weighted by Crippen LogP contribution is 2.36. The van der Waals surface area contributed by atoms with Crippen LogP contribution in [0.4, 0.5) is 10.2 Å². The maximum atomic E-state index is 14.1. The van der Waals surface area contributed by atoms with Crippen molar-refractivity contribution in [3.05, 3.63) is 53.2 Å². The second kappa shape index (κ2) is 7.48. The molecule has 2 heterocycles. The first-order valence-corrected chi connectivity index (χ1v) is 8.98. The van der Waals surface area contributed by atoms with E-state index in [2.05, 4.69) is 21.8 Å². The Kier molecular flexibility index (Phi) is 5.33. The number of aliphatic hydroxyl groups is 1. The average molecular weight is 343 g/mol. The fourth-order valence-corrected chi connectivity index (χ4v) is 3.77. The van der Waals surface area contributed by atoms with E-state index < -0.39 is 0 Å². The van der Waals surface area contributed by atoms with E-state index >= 15 is 0 Å². The summed E-state index contributed by atoms with van der Waals surface area (Å²) in [6, 6.07) is 6.86. The first kappa shape index (κ1) is 17.8. The van der Waals surface area contributed by atoms with Crippen molar-refractivity contribution in [1.29, 1.82) is 0 Å². The molecule has 1 aliphatic heterocycles. The highest BCUT2D eigenvalue weighted by molar-refractivity contribution is 5.47. The van der Waals surface area contributed by atoms with Crippen LogP contribution >= 0.6 is 0 Å². The number of rotatable bonds is 5. The average Bonchev–Trinajstić information content (AvgIpc) is 2.64. The third-order valence-electron chi connectivity index (χ3n) is 5.16. The van der Waals surface area contributed by atoms with Crippen LogP contribution in [0, 0.1) is 18.2 Å². The Morgan fingerprint density at radius 1 is 1.28 bits per heavy atom. The molecule has 1 fully saturated rings. The Morgan fingerprint density at radius 3 is 2.80 bits per heavy atom. The lowest BCUT2D eigenvalue weighted by atomic mass is 9.75. The number of aromatic nitrogens is 2. The monoisotopic (exact) mass is 343 g/mol. The Bertz CT molecular complexity index is 737. The van der Waals surface area contributed by atoms with E-state index in [-0.39, 0.29) is 17.8 Å². The smallest absolute Gasteiger partial charge is 0.135 e. The van der Waals surface area contributed by atoms with E-state index in [4.69, 9.17) is 0 Å². The molecule has 0 aliphatic carbocycles. The highest BCUT2D eigenvalue weighted by Gasteiger charge is 2.36. The summed E-state index contributed by atoms with van der Waals surface area (Å²) in [6.45, 7) is 5.62. The molecule has 3 rings (SSSR count). The van der Waals surface area contributed by atoms with E-state index in [0.29, 0.717) is 18.5 Å². The molecule has 25 heavy (non-hydrogen) atoms. The van der Waals surface area contributed by atoms with Crippen LogP contribution in [0.1, 0.15) is 36.7 Å². The number of anilines is 1. The molecule has 134 valence electrons. The molecule has 1 aliphatic rings. The van der Waals surface area contributed by atoms with E-state index in [1.54, 1.807) is 6.07 Å². The molecular weight excluding hydrogens is 317 g/mol. The van der Waals surface area contributed by atoms with Crippen LogP contribution in [0.15, 0.2) is 30.5 Å². The number of aryl methyl sites for hydroxylation is 2. The zero-order valence-electron chi connectivity index (χ0n) is 15.0. The Morgan fingerprint density at radius 2 is 2.08 bits per heavy atom. The van der Waals surface area contributed by atoms with Gasteiger partial charge in [0.15, 0.2) is 0 Å². The Labute approximate surface area is 148 Å². The molecule has 0 saturated carbocycles. The van der Waals surface area contributed by atoms with Gasteiger partial charge in [-0.2, -0.15) is 0 Å². The van der Waals surface area contributed by atoms with Crippen LogP contribution in [0.25, 0.3) is 0 Å². The first-order chi connectivity index (χ1) is 12.1. The first-order valence-electron chi connectivity index (χ1n) is 8.98. The maximum Gasteiger partial charge on any atom is 0.135 e. The quantitative estimate of drug-likeness (QED) is 0.905. The van der Waals surface area contributed by atoms with Gasteiger partial charge in [0.2, 0.25) is 0 Å². The highest BCUT2D eigenvalue weighted by atomic mass is 19.1. The minimum atomic E-state index is -0.343. The van der Waals surface area contributed by atoms with Gasteiger partial charge in [0.1, 0.15) is 17.5 Å². The summed E-state index contributed by atoms with van der Waals surface area (Å²) in [6.07, 6.45) is 5.15. The molecule has 0 radical (unpaired) electrons. The minimum Gasteiger partial charge on any atom is -0.396 e. The van der Waals surface area contributed by atoms with Crippen molar-refractivity contribution < 1.29 is 9.50 Å².